The minimum atomic E-state index is -4.31. The standard InChI is InChI=1S/C27H40F3N5/c1-19(2)14-15-35(18-20-6-4-3-5-7-20)25-13-8-21(17-26-31-33-34-32-26)16-24(25)22-9-11-23(12-10-22)27(28,29)30/h9-12,19-21,24-25H,3-8,13-18H2,1-2H3,(H,31,32,33,34). The maximum Gasteiger partial charge on any atom is 0.416 e. The molecule has 3 unspecified atom stereocenters. The summed E-state index contributed by atoms with van der Waals surface area (Å²) < 4.78 is 39.7. The summed E-state index contributed by atoms with van der Waals surface area (Å²) in [5, 5.41) is 14.5. The summed E-state index contributed by atoms with van der Waals surface area (Å²) in [5.74, 6) is 2.69. The Morgan fingerprint density at radius 1 is 1.00 bits per heavy atom. The largest absolute Gasteiger partial charge is 0.416 e. The lowest BCUT2D eigenvalue weighted by Crippen LogP contribution is -2.46. The van der Waals surface area contributed by atoms with E-state index in [4.69, 9.17) is 0 Å². The second kappa shape index (κ2) is 11.8. The van der Waals surface area contributed by atoms with Gasteiger partial charge in [0.1, 0.15) is 0 Å². The minimum absolute atomic E-state index is 0.207. The van der Waals surface area contributed by atoms with Crippen molar-refractivity contribution in [2.75, 3.05) is 13.1 Å². The Hall–Kier alpha value is -1.96. The zero-order chi connectivity index (χ0) is 24.8. The highest BCUT2D eigenvalue weighted by Crippen LogP contribution is 2.42. The van der Waals surface area contributed by atoms with Gasteiger partial charge in [0.2, 0.25) is 0 Å². The number of benzene rings is 1. The van der Waals surface area contributed by atoms with Crippen molar-refractivity contribution in [1.82, 2.24) is 25.5 Å². The molecule has 0 saturated heterocycles. The monoisotopic (exact) mass is 491 g/mol. The molecule has 8 heteroatoms. The average Bonchev–Trinajstić information content (AvgIpc) is 3.35. The topological polar surface area (TPSA) is 57.7 Å². The predicted molar refractivity (Wildman–Crippen MR) is 131 cm³/mol. The second-order valence-electron chi connectivity index (χ2n) is 11.2. The third-order valence-corrected chi connectivity index (χ3v) is 8.13. The number of nitrogens with zero attached hydrogens (tertiary/aromatic N) is 4. The summed E-state index contributed by atoms with van der Waals surface area (Å²) in [6.45, 7) is 6.72. The van der Waals surface area contributed by atoms with Crippen LogP contribution in [-0.2, 0) is 12.6 Å². The number of aromatic nitrogens is 4. The van der Waals surface area contributed by atoms with E-state index in [0.717, 1.165) is 62.5 Å². The van der Waals surface area contributed by atoms with Gasteiger partial charge in [0, 0.05) is 19.0 Å². The molecule has 35 heavy (non-hydrogen) atoms. The van der Waals surface area contributed by atoms with Gasteiger partial charge in [0.05, 0.1) is 5.56 Å². The number of hydrogen-bond acceptors (Lipinski definition) is 4. The molecule has 1 aromatic heterocycles. The smallest absolute Gasteiger partial charge is 0.299 e. The fourth-order valence-corrected chi connectivity index (χ4v) is 6.19. The van der Waals surface area contributed by atoms with E-state index in [1.807, 2.05) is 0 Å². The molecule has 4 rings (SSSR count). The maximum absolute atomic E-state index is 13.2. The van der Waals surface area contributed by atoms with E-state index >= 15 is 0 Å². The molecule has 194 valence electrons. The zero-order valence-corrected chi connectivity index (χ0v) is 21.1. The number of alkyl halides is 3. The maximum atomic E-state index is 13.2. The van der Waals surface area contributed by atoms with Gasteiger partial charge in [-0.15, -0.1) is 10.2 Å². The zero-order valence-electron chi connectivity index (χ0n) is 21.1. The molecule has 0 radical (unpaired) electrons. The molecule has 1 N–H and O–H groups in total. The van der Waals surface area contributed by atoms with E-state index in [2.05, 4.69) is 39.4 Å². The van der Waals surface area contributed by atoms with Crippen molar-refractivity contribution in [2.24, 2.45) is 17.8 Å². The van der Waals surface area contributed by atoms with E-state index in [1.54, 1.807) is 12.1 Å². The van der Waals surface area contributed by atoms with Crippen LogP contribution in [0.2, 0.25) is 0 Å². The summed E-state index contributed by atoms with van der Waals surface area (Å²) >= 11 is 0. The van der Waals surface area contributed by atoms with Gasteiger partial charge in [-0.05, 0) is 86.4 Å². The lowest BCUT2D eigenvalue weighted by Gasteiger charge is -2.44. The quantitative estimate of drug-likeness (QED) is 0.427. The van der Waals surface area contributed by atoms with Crippen LogP contribution in [0, 0.1) is 17.8 Å². The Balaban J connectivity index is 1.57. The Morgan fingerprint density at radius 2 is 1.74 bits per heavy atom. The van der Waals surface area contributed by atoms with Crippen LogP contribution >= 0.6 is 0 Å². The number of H-pyrrole nitrogens is 1. The van der Waals surface area contributed by atoms with Crippen LogP contribution in [0.1, 0.15) is 94.5 Å². The molecule has 2 fully saturated rings. The van der Waals surface area contributed by atoms with Gasteiger partial charge < -0.3 is 0 Å². The summed E-state index contributed by atoms with van der Waals surface area (Å²) in [5.41, 5.74) is 0.454. The molecule has 2 aromatic rings. The van der Waals surface area contributed by atoms with Crippen molar-refractivity contribution >= 4 is 0 Å². The molecule has 0 amide bonds. The first kappa shape index (κ1) is 26.1. The molecule has 2 aliphatic rings. The van der Waals surface area contributed by atoms with Gasteiger partial charge in [-0.1, -0.05) is 50.5 Å². The van der Waals surface area contributed by atoms with Crippen LogP contribution in [-0.4, -0.2) is 44.7 Å². The second-order valence-corrected chi connectivity index (χ2v) is 11.2. The van der Waals surface area contributed by atoms with Gasteiger partial charge in [-0.25, -0.2) is 0 Å². The summed E-state index contributed by atoms with van der Waals surface area (Å²) in [4.78, 5) is 2.71. The fourth-order valence-electron chi connectivity index (χ4n) is 6.19. The first-order valence-corrected chi connectivity index (χ1v) is 13.4. The summed E-state index contributed by atoms with van der Waals surface area (Å²) in [6, 6.07) is 6.31. The number of halogens is 3. The minimum Gasteiger partial charge on any atom is -0.299 e. The number of hydrogen-bond donors (Lipinski definition) is 1. The molecule has 2 saturated carbocycles. The van der Waals surface area contributed by atoms with Crippen LogP contribution in [0.4, 0.5) is 13.2 Å². The third-order valence-electron chi connectivity index (χ3n) is 8.13. The number of rotatable bonds is 9. The first-order chi connectivity index (χ1) is 16.8. The van der Waals surface area contributed by atoms with Crippen LogP contribution in [0.5, 0.6) is 0 Å². The SMILES string of the molecule is CC(C)CCN(CC1CCCCC1)C1CCC(Cc2nn[nH]n2)CC1c1ccc(C(F)(F)F)cc1. The molecule has 1 heterocycles. The van der Waals surface area contributed by atoms with Crippen LogP contribution in [0.25, 0.3) is 0 Å². The Labute approximate surface area is 207 Å². The summed E-state index contributed by atoms with van der Waals surface area (Å²) in [7, 11) is 0. The molecule has 5 nitrogen and oxygen atoms in total. The van der Waals surface area contributed by atoms with Crippen LogP contribution in [0.3, 0.4) is 0 Å². The Morgan fingerprint density at radius 3 is 2.37 bits per heavy atom. The van der Waals surface area contributed by atoms with Crippen LogP contribution < -0.4 is 0 Å². The van der Waals surface area contributed by atoms with Crippen LogP contribution in [0.15, 0.2) is 24.3 Å². The molecular formula is C27H40F3N5. The highest BCUT2D eigenvalue weighted by molar-refractivity contribution is 5.29. The van der Waals surface area contributed by atoms with Gasteiger partial charge in [0.15, 0.2) is 5.82 Å². The average molecular weight is 492 g/mol. The number of nitrogens with one attached hydrogen (secondary N) is 1. The first-order valence-electron chi connectivity index (χ1n) is 13.4. The molecule has 0 bridgehead atoms. The van der Waals surface area contributed by atoms with Crippen molar-refractivity contribution in [1.29, 1.82) is 0 Å². The molecule has 0 aliphatic heterocycles. The van der Waals surface area contributed by atoms with E-state index in [9.17, 15) is 13.2 Å². The van der Waals surface area contributed by atoms with Gasteiger partial charge in [-0.2, -0.15) is 18.4 Å². The normalized spacial score (nSPS) is 24.4. The van der Waals surface area contributed by atoms with Crippen molar-refractivity contribution in [2.45, 2.75) is 96.2 Å². The van der Waals surface area contributed by atoms with Gasteiger partial charge in [0.25, 0.3) is 0 Å². The van der Waals surface area contributed by atoms with Crippen molar-refractivity contribution < 1.29 is 13.2 Å². The molecule has 1 aromatic carbocycles. The van der Waals surface area contributed by atoms with Gasteiger partial charge in [-0.3, -0.25) is 4.90 Å². The lowest BCUT2D eigenvalue weighted by molar-refractivity contribution is -0.137. The van der Waals surface area contributed by atoms with E-state index in [1.165, 1.54) is 44.2 Å². The molecular weight excluding hydrogens is 451 g/mol. The third kappa shape index (κ3) is 7.28. The lowest BCUT2D eigenvalue weighted by atomic mass is 9.72. The fraction of sp³-hybridized carbons (Fsp3) is 0.741. The Bertz CT molecular complexity index is 875. The van der Waals surface area contributed by atoms with E-state index in [0.29, 0.717) is 17.9 Å². The molecule has 2 aliphatic carbocycles. The van der Waals surface area contributed by atoms with Gasteiger partial charge >= 0.3 is 6.18 Å². The van der Waals surface area contributed by atoms with E-state index in [-0.39, 0.29) is 5.92 Å². The number of aromatic amines is 1. The highest BCUT2D eigenvalue weighted by Gasteiger charge is 2.37. The van der Waals surface area contributed by atoms with Crippen molar-refractivity contribution in [3.8, 4) is 0 Å². The van der Waals surface area contributed by atoms with E-state index < -0.39 is 11.7 Å². The van der Waals surface area contributed by atoms with Crippen molar-refractivity contribution in [3.05, 3.63) is 41.2 Å². The highest BCUT2D eigenvalue weighted by atomic mass is 19.4. The number of tetrazole rings is 1. The Kier molecular flexibility index (Phi) is 8.84. The summed E-state index contributed by atoms with van der Waals surface area (Å²) in [6.07, 6.45) is 7.27. The molecule has 3 atom stereocenters. The predicted octanol–water partition coefficient (Wildman–Crippen LogP) is 6.64. The van der Waals surface area contributed by atoms with Crippen molar-refractivity contribution in [3.63, 3.8) is 0 Å². The molecule has 0 spiro atoms.